The normalized spacial score (nSPS) is 18.2. The summed E-state index contributed by atoms with van der Waals surface area (Å²) in [6, 6.07) is 0.668. The molecule has 5 nitrogen and oxygen atoms in total. The van der Waals surface area contributed by atoms with Crippen molar-refractivity contribution >= 4 is 5.91 Å². The van der Waals surface area contributed by atoms with E-state index in [2.05, 4.69) is 29.1 Å². The number of unbranched alkanes of at least 4 members (excludes halogenated alkanes) is 2. The van der Waals surface area contributed by atoms with Crippen molar-refractivity contribution in [2.45, 2.75) is 45.6 Å². The Balaban J connectivity index is 1.99. The maximum Gasteiger partial charge on any atom is 0.233 e. The van der Waals surface area contributed by atoms with E-state index in [9.17, 15) is 4.79 Å². The highest BCUT2D eigenvalue weighted by atomic mass is 16.2. The van der Waals surface area contributed by atoms with Gasteiger partial charge in [-0.15, -0.1) is 0 Å². The molecule has 0 bridgehead atoms. The molecular formula is C13H28N4O. The van der Waals surface area contributed by atoms with Gasteiger partial charge in [0.15, 0.2) is 0 Å². The van der Waals surface area contributed by atoms with Crippen LogP contribution in [0.25, 0.3) is 0 Å². The Hall–Kier alpha value is -0.650. The van der Waals surface area contributed by atoms with Crippen LogP contribution in [0.5, 0.6) is 0 Å². The van der Waals surface area contributed by atoms with Crippen molar-refractivity contribution < 1.29 is 4.79 Å². The molecule has 0 atom stereocenters. The number of nitrogens with two attached hydrogens (primary N) is 1. The van der Waals surface area contributed by atoms with Crippen molar-refractivity contribution in [1.29, 1.82) is 0 Å². The van der Waals surface area contributed by atoms with E-state index in [1.165, 1.54) is 32.6 Å². The second-order valence-electron chi connectivity index (χ2n) is 5.35. The van der Waals surface area contributed by atoms with Crippen LogP contribution in [0.15, 0.2) is 0 Å². The molecule has 0 radical (unpaired) electrons. The molecule has 0 aliphatic carbocycles. The predicted octanol–water partition coefficient (Wildman–Crippen LogP) is 0.563. The lowest BCUT2D eigenvalue weighted by molar-refractivity contribution is -0.121. The molecule has 1 saturated heterocycles. The molecule has 0 unspecified atom stereocenters. The summed E-state index contributed by atoms with van der Waals surface area (Å²) in [5.41, 5.74) is 2.17. The number of piperazine rings is 1. The van der Waals surface area contributed by atoms with E-state index in [0.29, 0.717) is 12.5 Å². The number of hydrogen-bond acceptors (Lipinski definition) is 4. The van der Waals surface area contributed by atoms with E-state index in [4.69, 9.17) is 5.84 Å². The summed E-state index contributed by atoms with van der Waals surface area (Å²) in [5, 5.41) is 0. The predicted molar refractivity (Wildman–Crippen MR) is 73.9 cm³/mol. The number of carbonyl (C=O) groups excluding carboxylic acids is 1. The number of carbonyl (C=O) groups is 1. The van der Waals surface area contributed by atoms with Crippen LogP contribution in [0.2, 0.25) is 0 Å². The Morgan fingerprint density at radius 1 is 1.17 bits per heavy atom. The fraction of sp³-hybridized carbons (Fsp3) is 0.923. The number of hydrogen-bond donors (Lipinski definition) is 2. The molecule has 5 heteroatoms. The third kappa shape index (κ3) is 5.80. The molecule has 1 aliphatic rings. The summed E-state index contributed by atoms with van der Waals surface area (Å²) in [6.45, 7) is 10.4. The average Bonchev–Trinajstić information content (AvgIpc) is 2.38. The van der Waals surface area contributed by atoms with Gasteiger partial charge in [0, 0.05) is 38.6 Å². The van der Waals surface area contributed by atoms with Gasteiger partial charge >= 0.3 is 0 Å². The first-order valence-corrected chi connectivity index (χ1v) is 7.09. The molecule has 1 aliphatic heterocycles. The first-order valence-electron chi connectivity index (χ1n) is 7.09. The summed E-state index contributed by atoms with van der Waals surface area (Å²) in [4.78, 5) is 16.0. The molecule has 3 N–H and O–H groups in total. The molecule has 0 spiro atoms. The highest BCUT2D eigenvalue weighted by molar-refractivity contribution is 5.74. The van der Waals surface area contributed by atoms with Gasteiger partial charge in [-0.2, -0.15) is 0 Å². The zero-order valence-corrected chi connectivity index (χ0v) is 11.8. The summed E-state index contributed by atoms with van der Waals surface area (Å²) >= 11 is 0. The van der Waals surface area contributed by atoms with Gasteiger partial charge < -0.3 is 4.90 Å². The van der Waals surface area contributed by atoms with Gasteiger partial charge in [-0.1, -0.05) is 6.42 Å². The van der Waals surface area contributed by atoms with Gasteiger partial charge in [-0.05, 0) is 33.2 Å². The van der Waals surface area contributed by atoms with E-state index in [1.807, 2.05) is 0 Å². The quantitative estimate of drug-likeness (QED) is 0.302. The first-order chi connectivity index (χ1) is 8.63. The third-order valence-corrected chi connectivity index (χ3v) is 3.68. The first kappa shape index (κ1) is 15.4. The summed E-state index contributed by atoms with van der Waals surface area (Å²) < 4.78 is 0. The van der Waals surface area contributed by atoms with Crippen LogP contribution in [0.3, 0.4) is 0 Å². The minimum atomic E-state index is -0.0550. The number of rotatable bonds is 7. The number of nitrogens with one attached hydrogen (secondary N) is 1. The number of hydrazine groups is 1. The topological polar surface area (TPSA) is 61.6 Å². The van der Waals surface area contributed by atoms with Crippen molar-refractivity contribution in [3.05, 3.63) is 0 Å². The molecule has 1 rings (SSSR count). The van der Waals surface area contributed by atoms with E-state index in [-0.39, 0.29) is 5.91 Å². The van der Waals surface area contributed by atoms with Crippen LogP contribution in [0.1, 0.15) is 39.5 Å². The molecule has 0 saturated carbocycles. The Morgan fingerprint density at radius 3 is 2.39 bits per heavy atom. The maximum atomic E-state index is 10.9. The Labute approximate surface area is 111 Å². The van der Waals surface area contributed by atoms with Crippen LogP contribution in [-0.4, -0.2) is 54.5 Å². The van der Waals surface area contributed by atoms with Crippen molar-refractivity contribution in [3.63, 3.8) is 0 Å². The van der Waals surface area contributed by atoms with E-state index >= 15 is 0 Å². The SMILES string of the molecule is CC(C)N1CCN(CCCCCC(=O)NN)CC1. The van der Waals surface area contributed by atoms with Gasteiger partial charge in [0.2, 0.25) is 5.91 Å². The lowest BCUT2D eigenvalue weighted by Crippen LogP contribution is -2.48. The highest BCUT2D eigenvalue weighted by Gasteiger charge is 2.17. The fourth-order valence-electron chi connectivity index (χ4n) is 2.37. The van der Waals surface area contributed by atoms with Gasteiger partial charge in [-0.3, -0.25) is 15.1 Å². The van der Waals surface area contributed by atoms with Gasteiger partial charge in [0.25, 0.3) is 0 Å². The molecule has 1 heterocycles. The molecule has 0 aromatic heterocycles. The summed E-state index contributed by atoms with van der Waals surface area (Å²) in [5.74, 6) is 4.97. The molecular weight excluding hydrogens is 228 g/mol. The van der Waals surface area contributed by atoms with Crippen LogP contribution < -0.4 is 11.3 Å². The smallest absolute Gasteiger partial charge is 0.233 e. The largest absolute Gasteiger partial charge is 0.301 e. The minimum Gasteiger partial charge on any atom is -0.301 e. The van der Waals surface area contributed by atoms with Gasteiger partial charge in [-0.25, -0.2) is 5.84 Å². The second kappa shape index (κ2) is 8.45. The molecule has 106 valence electrons. The minimum absolute atomic E-state index is 0.0550. The average molecular weight is 256 g/mol. The third-order valence-electron chi connectivity index (χ3n) is 3.68. The van der Waals surface area contributed by atoms with Crippen molar-refractivity contribution in [1.82, 2.24) is 15.2 Å². The van der Waals surface area contributed by atoms with Crippen LogP contribution >= 0.6 is 0 Å². The molecule has 1 fully saturated rings. The summed E-state index contributed by atoms with van der Waals surface area (Å²) in [7, 11) is 0. The monoisotopic (exact) mass is 256 g/mol. The van der Waals surface area contributed by atoms with E-state index in [1.54, 1.807) is 0 Å². The molecule has 0 aromatic carbocycles. The van der Waals surface area contributed by atoms with E-state index in [0.717, 1.165) is 19.4 Å². The molecule has 1 amide bonds. The fourth-order valence-corrected chi connectivity index (χ4v) is 2.37. The van der Waals surface area contributed by atoms with E-state index < -0.39 is 0 Å². The lowest BCUT2D eigenvalue weighted by Gasteiger charge is -2.36. The molecule has 0 aromatic rings. The standard InChI is InChI=1S/C13H28N4O/c1-12(2)17-10-8-16(9-11-17)7-5-3-4-6-13(18)15-14/h12H,3-11,14H2,1-2H3,(H,15,18). The summed E-state index contributed by atoms with van der Waals surface area (Å²) in [6.07, 6.45) is 3.78. The Morgan fingerprint density at radius 2 is 1.83 bits per heavy atom. The number of nitrogens with zero attached hydrogens (tertiary/aromatic N) is 2. The maximum absolute atomic E-state index is 10.9. The highest BCUT2D eigenvalue weighted by Crippen LogP contribution is 2.08. The van der Waals surface area contributed by atoms with Crippen molar-refractivity contribution in [3.8, 4) is 0 Å². The zero-order valence-electron chi connectivity index (χ0n) is 11.8. The molecule has 18 heavy (non-hydrogen) atoms. The Kier molecular flexibility index (Phi) is 7.23. The lowest BCUT2D eigenvalue weighted by atomic mass is 10.1. The zero-order chi connectivity index (χ0) is 13.4. The van der Waals surface area contributed by atoms with Crippen molar-refractivity contribution in [2.75, 3.05) is 32.7 Å². The van der Waals surface area contributed by atoms with Crippen LogP contribution in [0, 0.1) is 0 Å². The number of amides is 1. The second-order valence-corrected chi connectivity index (χ2v) is 5.35. The van der Waals surface area contributed by atoms with Crippen molar-refractivity contribution in [2.24, 2.45) is 5.84 Å². The van der Waals surface area contributed by atoms with Gasteiger partial charge in [0.1, 0.15) is 0 Å². The van der Waals surface area contributed by atoms with Crippen LogP contribution in [-0.2, 0) is 4.79 Å². The Bertz CT molecular complexity index is 237. The van der Waals surface area contributed by atoms with Crippen LogP contribution in [0.4, 0.5) is 0 Å². The van der Waals surface area contributed by atoms with Gasteiger partial charge in [0.05, 0.1) is 0 Å².